The van der Waals surface area contributed by atoms with Gasteiger partial charge in [-0.15, -0.1) is 0 Å². The van der Waals surface area contributed by atoms with E-state index >= 15 is 0 Å². The highest BCUT2D eigenvalue weighted by Gasteiger charge is 2.03. The summed E-state index contributed by atoms with van der Waals surface area (Å²) in [7, 11) is 0. The second-order valence-electron chi connectivity index (χ2n) is 3.33. The Balaban J connectivity index is 2.12. The van der Waals surface area contributed by atoms with Gasteiger partial charge >= 0.3 is 0 Å². The average Bonchev–Trinajstić information content (AvgIpc) is 2.55. The number of nitrogens with two attached hydrogens (primary N) is 1. The van der Waals surface area contributed by atoms with E-state index in [0.717, 1.165) is 6.54 Å². The molecule has 0 bridgehead atoms. The normalized spacial score (nSPS) is 12.4. The largest absolute Gasteiger partial charge is 0.354 e. The van der Waals surface area contributed by atoms with Crippen molar-refractivity contribution in [3.63, 3.8) is 0 Å². The molecule has 0 aromatic carbocycles. The maximum Gasteiger partial charge on any atom is 0.221 e. The number of aromatic nitrogens is 2. The molecule has 0 radical (unpaired) electrons. The Morgan fingerprint density at radius 2 is 2.50 bits per heavy atom. The highest BCUT2D eigenvalue weighted by Crippen LogP contribution is 1.87. The van der Waals surface area contributed by atoms with Gasteiger partial charge in [0.15, 0.2) is 0 Å². The lowest BCUT2D eigenvalue weighted by atomic mass is 10.2. The van der Waals surface area contributed by atoms with Crippen molar-refractivity contribution in [2.45, 2.75) is 25.9 Å². The zero-order valence-corrected chi connectivity index (χ0v) is 8.31. The monoisotopic (exact) mass is 196 g/mol. The van der Waals surface area contributed by atoms with E-state index in [2.05, 4.69) is 10.3 Å². The van der Waals surface area contributed by atoms with E-state index in [9.17, 15) is 4.79 Å². The van der Waals surface area contributed by atoms with E-state index in [-0.39, 0.29) is 11.9 Å². The molecule has 14 heavy (non-hydrogen) atoms. The number of nitrogens with zero attached hydrogens (tertiary/aromatic N) is 2. The number of hydrogen-bond donors (Lipinski definition) is 2. The van der Waals surface area contributed by atoms with Crippen molar-refractivity contribution in [3.8, 4) is 0 Å². The molecular formula is C9H16N4O. The fraction of sp³-hybridized carbons (Fsp3) is 0.556. The maximum absolute atomic E-state index is 11.2. The third-order valence-electron chi connectivity index (χ3n) is 1.76. The summed E-state index contributed by atoms with van der Waals surface area (Å²) in [6.45, 7) is 3.17. The maximum atomic E-state index is 11.2. The topological polar surface area (TPSA) is 72.9 Å². The van der Waals surface area contributed by atoms with Gasteiger partial charge in [0.1, 0.15) is 0 Å². The zero-order valence-electron chi connectivity index (χ0n) is 8.31. The highest BCUT2D eigenvalue weighted by atomic mass is 16.1. The third-order valence-corrected chi connectivity index (χ3v) is 1.76. The van der Waals surface area contributed by atoms with Crippen LogP contribution in [0.4, 0.5) is 0 Å². The summed E-state index contributed by atoms with van der Waals surface area (Å²) in [4.78, 5) is 15.1. The molecule has 1 heterocycles. The molecule has 1 amide bonds. The fourth-order valence-electron chi connectivity index (χ4n) is 1.11. The molecule has 0 spiro atoms. The van der Waals surface area contributed by atoms with Gasteiger partial charge < -0.3 is 15.6 Å². The molecule has 5 nitrogen and oxygen atoms in total. The Morgan fingerprint density at radius 3 is 3.07 bits per heavy atom. The number of amides is 1. The molecule has 1 aromatic heterocycles. The molecule has 1 aromatic rings. The number of imidazole rings is 1. The standard InChI is InChI=1S/C9H16N4O/c1-8(10)6-9(14)12-3-5-13-4-2-11-7-13/h2,4,7-8H,3,5-6,10H2,1H3,(H,12,14). The molecular weight excluding hydrogens is 180 g/mol. The van der Waals surface area contributed by atoms with Crippen molar-refractivity contribution in [1.29, 1.82) is 0 Å². The van der Waals surface area contributed by atoms with Crippen LogP contribution in [0.1, 0.15) is 13.3 Å². The van der Waals surface area contributed by atoms with Gasteiger partial charge in [0.2, 0.25) is 5.91 Å². The summed E-state index contributed by atoms with van der Waals surface area (Å²) in [5.74, 6) is 0.000107. The van der Waals surface area contributed by atoms with Crippen LogP contribution in [0.5, 0.6) is 0 Å². The number of hydrogen-bond acceptors (Lipinski definition) is 3. The molecule has 0 saturated heterocycles. The van der Waals surface area contributed by atoms with E-state index < -0.39 is 0 Å². The average molecular weight is 196 g/mol. The minimum absolute atomic E-state index is 0.000107. The van der Waals surface area contributed by atoms with E-state index in [0.29, 0.717) is 13.0 Å². The molecule has 0 aliphatic carbocycles. The van der Waals surface area contributed by atoms with Crippen LogP contribution in [0.15, 0.2) is 18.7 Å². The van der Waals surface area contributed by atoms with Gasteiger partial charge in [-0.3, -0.25) is 4.79 Å². The number of rotatable bonds is 5. The third kappa shape index (κ3) is 4.04. The first-order valence-corrected chi connectivity index (χ1v) is 4.66. The van der Waals surface area contributed by atoms with Gasteiger partial charge in [-0.2, -0.15) is 0 Å². The van der Waals surface area contributed by atoms with Crippen molar-refractivity contribution in [2.75, 3.05) is 6.54 Å². The van der Waals surface area contributed by atoms with Crippen molar-refractivity contribution >= 4 is 5.91 Å². The Hall–Kier alpha value is -1.36. The zero-order chi connectivity index (χ0) is 10.4. The number of nitrogens with one attached hydrogen (secondary N) is 1. The smallest absolute Gasteiger partial charge is 0.221 e. The molecule has 0 saturated carbocycles. The fourth-order valence-corrected chi connectivity index (χ4v) is 1.11. The summed E-state index contributed by atoms with van der Waals surface area (Å²) in [6.07, 6.45) is 5.67. The lowest BCUT2D eigenvalue weighted by Gasteiger charge is -2.07. The van der Waals surface area contributed by atoms with Crippen molar-refractivity contribution in [3.05, 3.63) is 18.7 Å². The van der Waals surface area contributed by atoms with Gasteiger partial charge in [0, 0.05) is 37.9 Å². The van der Waals surface area contributed by atoms with Crippen LogP contribution >= 0.6 is 0 Å². The van der Waals surface area contributed by atoms with E-state index in [1.165, 1.54) is 0 Å². The molecule has 1 rings (SSSR count). The van der Waals surface area contributed by atoms with Gasteiger partial charge in [0.25, 0.3) is 0 Å². The summed E-state index contributed by atoms with van der Waals surface area (Å²) in [5.41, 5.74) is 5.48. The first kappa shape index (κ1) is 10.7. The molecule has 1 atom stereocenters. The molecule has 78 valence electrons. The minimum atomic E-state index is -0.0803. The number of carbonyl (C=O) groups excluding carboxylic acids is 1. The summed E-state index contributed by atoms with van der Waals surface area (Å²) >= 11 is 0. The lowest BCUT2D eigenvalue weighted by Crippen LogP contribution is -2.31. The second kappa shape index (κ2) is 5.39. The second-order valence-corrected chi connectivity index (χ2v) is 3.33. The van der Waals surface area contributed by atoms with Gasteiger partial charge in [0.05, 0.1) is 6.33 Å². The Morgan fingerprint density at radius 1 is 1.71 bits per heavy atom. The number of carbonyl (C=O) groups is 1. The SMILES string of the molecule is CC(N)CC(=O)NCCn1ccnc1. The predicted octanol–water partition coefficient (Wildman–Crippen LogP) is -0.263. The van der Waals surface area contributed by atoms with Crippen molar-refractivity contribution < 1.29 is 4.79 Å². The van der Waals surface area contributed by atoms with Gasteiger partial charge in [-0.05, 0) is 6.92 Å². The van der Waals surface area contributed by atoms with E-state index in [1.807, 2.05) is 17.7 Å². The molecule has 1 unspecified atom stereocenters. The Bertz CT molecular complexity index is 268. The predicted molar refractivity (Wildman–Crippen MR) is 53.5 cm³/mol. The first-order chi connectivity index (χ1) is 6.68. The van der Waals surface area contributed by atoms with E-state index in [1.54, 1.807) is 12.5 Å². The summed E-state index contributed by atoms with van der Waals surface area (Å²) in [6, 6.07) is -0.0803. The van der Waals surface area contributed by atoms with E-state index in [4.69, 9.17) is 5.73 Å². The summed E-state index contributed by atoms with van der Waals surface area (Å²) in [5, 5.41) is 2.78. The minimum Gasteiger partial charge on any atom is -0.354 e. The van der Waals surface area contributed by atoms with Crippen LogP contribution in [0, 0.1) is 0 Å². The van der Waals surface area contributed by atoms with Crippen molar-refractivity contribution in [1.82, 2.24) is 14.9 Å². The molecule has 0 aliphatic rings. The highest BCUT2D eigenvalue weighted by molar-refractivity contribution is 5.76. The van der Waals surface area contributed by atoms with Crippen LogP contribution < -0.4 is 11.1 Å². The molecule has 3 N–H and O–H groups in total. The van der Waals surface area contributed by atoms with Crippen LogP contribution in [0.3, 0.4) is 0 Å². The Kier molecular flexibility index (Phi) is 4.12. The molecule has 5 heteroatoms. The first-order valence-electron chi connectivity index (χ1n) is 4.66. The van der Waals surface area contributed by atoms with Gasteiger partial charge in [-0.25, -0.2) is 4.98 Å². The molecule has 0 aliphatic heterocycles. The van der Waals surface area contributed by atoms with Crippen LogP contribution in [0.25, 0.3) is 0 Å². The Labute approximate surface area is 83.3 Å². The quantitative estimate of drug-likeness (QED) is 0.681. The van der Waals surface area contributed by atoms with Crippen LogP contribution in [-0.2, 0) is 11.3 Å². The lowest BCUT2D eigenvalue weighted by molar-refractivity contribution is -0.121. The van der Waals surface area contributed by atoms with Crippen molar-refractivity contribution in [2.24, 2.45) is 5.73 Å². The molecule has 0 fully saturated rings. The summed E-state index contributed by atoms with van der Waals surface area (Å²) < 4.78 is 1.91. The van der Waals surface area contributed by atoms with Crippen LogP contribution in [-0.4, -0.2) is 28.0 Å². The van der Waals surface area contributed by atoms with Gasteiger partial charge in [-0.1, -0.05) is 0 Å². The van der Waals surface area contributed by atoms with Crippen LogP contribution in [0.2, 0.25) is 0 Å².